The van der Waals surface area contributed by atoms with Crippen LogP contribution in [-0.2, 0) is 16.2 Å². The highest BCUT2D eigenvalue weighted by atomic mass is 16.3. The van der Waals surface area contributed by atoms with Crippen LogP contribution in [0, 0.1) is 0 Å². The SMILES string of the molecule is CCC.CCN.NC(=O)NCCCC(NC=O)C(=O)Nc1ccc(CO)cc1. The van der Waals surface area contributed by atoms with Crippen LogP contribution >= 0.6 is 0 Å². The highest BCUT2D eigenvalue weighted by Crippen LogP contribution is 2.10. The first kappa shape index (κ1) is 27.6. The third-order valence-electron chi connectivity index (χ3n) is 2.96. The Hall–Kier alpha value is -2.65. The van der Waals surface area contributed by atoms with Crippen molar-refractivity contribution in [2.45, 2.75) is 52.7 Å². The van der Waals surface area contributed by atoms with Crippen molar-refractivity contribution in [3.8, 4) is 0 Å². The molecule has 0 aliphatic carbocycles. The highest BCUT2D eigenvalue weighted by Gasteiger charge is 2.17. The van der Waals surface area contributed by atoms with Crippen LogP contribution in [0.3, 0.4) is 0 Å². The summed E-state index contributed by atoms with van der Waals surface area (Å²) in [5.74, 6) is -0.358. The van der Waals surface area contributed by atoms with Gasteiger partial charge < -0.3 is 32.5 Å². The largest absolute Gasteiger partial charge is 0.392 e. The van der Waals surface area contributed by atoms with Crippen molar-refractivity contribution in [2.75, 3.05) is 18.4 Å². The lowest BCUT2D eigenvalue weighted by Crippen LogP contribution is -2.40. The number of urea groups is 1. The first-order valence-electron chi connectivity index (χ1n) is 9.33. The monoisotopic (exact) mass is 397 g/mol. The molecular formula is C19H35N5O4. The molecule has 0 fully saturated rings. The number of carbonyl (C=O) groups excluding carboxylic acids is 3. The summed E-state index contributed by atoms with van der Waals surface area (Å²) in [6.45, 7) is 7.15. The van der Waals surface area contributed by atoms with Gasteiger partial charge in [-0.1, -0.05) is 39.3 Å². The van der Waals surface area contributed by atoms with Gasteiger partial charge in [0.15, 0.2) is 0 Å². The third kappa shape index (κ3) is 15.6. The number of hydrogen-bond acceptors (Lipinski definition) is 5. The van der Waals surface area contributed by atoms with Gasteiger partial charge in [-0.05, 0) is 37.1 Å². The first-order valence-corrected chi connectivity index (χ1v) is 9.33. The number of primary amides is 1. The maximum Gasteiger partial charge on any atom is 0.312 e. The molecule has 0 radical (unpaired) electrons. The Morgan fingerprint density at radius 3 is 2.14 bits per heavy atom. The number of nitrogens with one attached hydrogen (secondary N) is 3. The predicted molar refractivity (Wildman–Crippen MR) is 111 cm³/mol. The van der Waals surface area contributed by atoms with Crippen LogP contribution in [0.1, 0.15) is 45.6 Å². The van der Waals surface area contributed by atoms with E-state index in [9.17, 15) is 14.4 Å². The maximum absolute atomic E-state index is 12.1. The van der Waals surface area contributed by atoms with Crippen molar-refractivity contribution in [1.29, 1.82) is 0 Å². The number of carbonyl (C=O) groups is 3. The topological polar surface area (TPSA) is 160 Å². The van der Waals surface area contributed by atoms with Crippen molar-refractivity contribution in [3.63, 3.8) is 0 Å². The lowest BCUT2D eigenvalue weighted by atomic mass is 10.1. The summed E-state index contributed by atoms with van der Waals surface area (Å²) in [6, 6.07) is 5.37. The molecule has 1 aromatic rings. The van der Waals surface area contributed by atoms with E-state index in [1.54, 1.807) is 24.3 Å². The molecule has 0 bridgehead atoms. The van der Waals surface area contributed by atoms with Crippen LogP contribution in [0.15, 0.2) is 24.3 Å². The highest BCUT2D eigenvalue weighted by molar-refractivity contribution is 5.95. The fraction of sp³-hybridized carbons (Fsp3) is 0.526. The Labute approximate surface area is 167 Å². The molecule has 8 N–H and O–H groups in total. The minimum Gasteiger partial charge on any atom is -0.392 e. The molecule has 0 aliphatic rings. The number of nitrogens with two attached hydrogens (primary N) is 2. The van der Waals surface area contributed by atoms with Crippen LogP contribution in [0.5, 0.6) is 0 Å². The number of hydrogen-bond donors (Lipinski definition) is 6. The second-order valence-corrected chi connectivity index (χ2v) is 5.73. The van der Waals surface area contributed by atoms with Gasteiger partial charge in [0.05, 0.1) is 6.61 Å². The molecule has 0 saturated heterocycles. The van der Waals surface area contributed by atoms with Gasteiger partial charge in [-0.25, -0.2) is 4.79 Å². The van der Waals surface area contributed by atoms with E-state index < -0.39 is 12.1 Å². The molecular weight excluding hydrogens is 362 g/mol. The summed E-state index contributed by atoms with van der Waals surface area (Å²) in [7, 11) is 0. The Bertz CT molecular complexity index is 536. The number of aliphatic hydroxyl groups excluding tert-OH is 1. The van der Waals surface area contributed by atoms with Crippen molar-refractivity contribution in [3.05, 3.63) is 29.8 Å². The molecule has 1 atom stereocenters. The summed E-state index contributed by atoms with van der Waals surface area (Å²) in [5, 5.41) is 16.5. The summed E-state index contributed by atoms with van der Waals surface area (Å²) < 4.78 is 0. The van der Waals surface area contributed by atoms with Crippen LogP contribution in [0.4, 0.5) is 10.5 Å². The van der Waals surface area contributed by atoms with E-state index in [-0.39, 0.29) is 12.5 Å². The molecule has 0 aliphatic heterocycles. The molecule has 9 nitrogen and oxygen atoms in total. The third-order valence-corrected chi connectivity index (χ3v) is 2.96. The summed E-state index contributed by atoms with van der Waals surface area (Å²) in [5.41, 5.74) is 11.1. The molecule has 9 heteroatoms. The van der Waals surface area contributed by atoms with Crippen LogP contribution in [0.25, 0.3) is 0 Å². The molecule has 4 amide bonds. The fourth-order valence-corrected chi connectivity index (χ4v) is 1.81. The Morgan fingerprint density at radius 1 is 1.18 bits per heavy atom. The van der Waals surface area contributed by atoms with Gasteiger partial charge in [0.1, 0.15) is 6.04 Å². The molecule has 0 spiro atoms. The molecule has 1 aromatic carbocycles. The van der Waals surface area contributed by atoms with Crippen molar-refractivity contribution in [1.82, 2.24) is 10.6 Å². The van der Waals surface area contributed by atoms with E-state index >= 15 is 0 Å². The lowest BCUT2D eigenvalue weighted by molar-refractivity contribution is -0.121. The standard InChI is InChI=1S/C14H20N4O4.C3H8.C2H7N/c15-14(22)16-7-1-2-12(17-9-20)13(21)18-11-5-3-10(8-19)4-6-11;1-3-2;1-2-3/h3-6,9,12,19H,1-2,7-8H2,(H,17,20)(H,18,21)(H3,15,16,22);3H2,1-2H3;2-3H2,1H3. The van der Waals surface area contributed by atoms with Gasteiger partial charge in [-0.3, -0.25) is 9.59 Å². The van der Waals surface area contributed by atoms with Crippen LogP contribution in [-0.4, -0.2) is 42.6 Å². The van der Waals surface area contributed by atoms with Gasteiger partial charge >= 0.3 is 6.03 Å². The first-order chi connectivity index (χ1) is 13.4. The lowest BCUT2D eigenvalue weighted by Gasteiger charge is -2.16. The fourth-order valence-electron chi connectivity index (χ4n) is 1.81. The molecule has 0 heterocycles. The van der Waals surface area contributed by atoms with E-state index in [1.165, 1.54) is 6.42 Å². The minimum atomic E-state index is -0.704. The van der Waals surface area contributed by atoms with Crippen LogP contribution in [0.2, 0.25) is 0 Å². The Kier molecular flexibility index (Phi) is 18.8. The zero-order chi connectivity index (χ0) is 21.8. The summed E-state index contributed by atoms with van der Waals surface area (Å²) in [4.78, 5) is 33.2. The summed E-state index contributed by atoms with van der Waals surface area (Å²) >= 11 is 0. The second-order valence-electron chi connectivity index (χ2n) is 5.73. The van der Waals surface area contributed by atoms with Crippen molar-refractivity contribution < 1.29 is 19.5 Å². The maximum atomic E-state index is 12.1. The Balaban J connectivity index is 0. The average molecular weight is 398 g/mol. The van der Waals surface area contributed by atoms with Crippen molar-refractivity contribution in [2.24, 2.45) is 11.5 Å². The van der Waals surface area contributed by atoms with Gasteiger partial charge in [0, 0.05) is 12.2 Å². The number of rotatable bonds is 9. The molecule has 1 rings (SSSR count). The number of anilines is 1. The van der Waals surface area contributed by atoms with Gasteiger partial charge in [0.25, 0.3) is 0 Å². The van der Waals surface area contributed by atoms with Gasteiger partial charge in [0.2, 0.25) is 12.3 Å². The molecule has 28 heavy (non-hydrogen) atoms. The van der Waals surface area contributed by atoms with Gasteiger partial charge in [-0.2, -0.15) is 0 Å². The smallest absolute Gasteiger partial charge is 0.312 e. The van der Waals surface area contributed by atoms with Gasteiger partial charge in [-0.15, -0.1) is 0 Å². The molecule has 160 valence electrons. The zero-order valence-corrected chi connectivity index (χ0v) is 17.0. The minimum absolute atomic E-state index is 0.0730. The van der Waals surface area contributed by atoms with E-state index in [1.807, 2.05) is 6.92 Å². The Morgan fingerprint density at radius 2 is 1.71 bits per heavy atom. The number of benzene rings is 1. The van der Waals surface area contributed by atoms with E-state index in [0.717, 1.165) is 12.1 Å². The normalized spacial score (nSPS) is 10.2. The summed E-state index contributed by atoms with van der Waals surface area (Å²) in [6.07, 6.45) is 2.56. The second kappa shape index (κ2) is 19.1. The van der Waals surface area contributed by atoms with E-state index in [4.69, 9.17) is 16.6 Å². The van der Waals surface area contributed by atoms with E-state index in [0.29, 0.717) is 31.5 Å². The number of aliphatic hydroxyl groups is 1. The molecule has 1 unspecified atom stereocenters. The zero-order valence-electron chi connectivity index (χ0n) is 17.0. The van der Waals surface area contributed by atoms with Crippen molar-refractivity contribution >= 4 is 24.0 Å². The number of amides is 4. The predicted octanol–water partition coefficient (Wildman–Crippen LogP) is 1.06. The molecule has 0 aromatic heterocycles. The van der Waals surface area contributed by atoms with E-state index in [2.05, 4.69) is 29.8 Å². The average Bonchev–Trinajstić information content (AvgIpc) is 2.66. The quantitative estimate of drug-likeness (QED) is 0.271. The molecule has 0 saturated carbocycles. The van der Waals surface area contributed by atoms with Crippen LogP contribution < -0.4 is 27.4 Å².